The summed E-state index contributed by atoms with van der Waals surface area (Å²) in [6.45, 7) is 3.01. The van der Waals surface area contributed by atoms with Crippen LogP contribution in [-0.4, -0.2) is 36.7 Å². The molecule has 0 aromatic heterocycles. The number of carbonyl (C=O) groups is 4. The first-order valence-electron chi connectivity index (χ1n) is 5.72. The van der Waals surface area contributed by atoms with Crippen LogP contribution in [0.4, 0.5) is 0 Å². The standard InChI is InChI=1S/C12H18O6/c1-9(13)7-11(15)17-5-3-4-6-18-12(16)8-10(2)14/h3-8H2,1-2H3. The molecule has 18 heavy (non-hydrogen) atoms. The van der Waals surface area contributed by atoms with Gasteiger partial charge in [0, 0.05) is 0 Å². The van der Waals surface area contributed by atoms with E-state index < -0.39 is 11.9 Å². The van der Waals surface area contributed by atoms with Crippen molar-refractivity contribution in [2.75, 3.05) is 13.2 Å². The van der Waals surface area contributed by atoms with Gasteiger partial charge in [-0.3, -0.25) is 19.2 Å². The summed E-state index contributed by atoms with van der Waals surface area (Å²) in [5.41, 5.74) is 0. The molecule has 0 saturated carbocycles. The second kappa shape index (κ2) is 9.32. The van der Waals surface area contributed by atoms with E-state index >= 15 is 0 Å². The van der Waals surface area contributed by atoms with Gasteiger partial charge in [-0.05, 0) is 26.7 Å². The predicted octanol–water partition coefficient (Wildman–Crippen LogP) is 0.811. The number of ketones is 2. The molecule has 0 N–H and O–H groups in total. The molecule has 0 rings (SSSR count). The Morgan fingerprint density at radius 2 is 1.06 bits per heavy atom. The highest BCUT2D eigenvalue weighted by molar-refractivity contribution is 5.94. The van der Waals surface area contributed by atoms with Crippen molar-refractivity contribution in [1.29, 1.82) is 0 Å². The average molecular weight is 258 g/mol. The molecule has 0 radical (unpaired) electrons. The molecule has 0 fully saturated rings. The largest absolute Gasteiger partial charge is 0.465 e. The van der Waals surface area contributed by atoms with Crippen LogP contribution < -0.4 is 0 Å². The van der Waals surface area contributed by atoms with E-state index in [9.17, 15) is 19.2 Å². The summed E-state index contributed by atoms with van der Waals surface area (Å²) in [5.74, 6) is -1.57. The number of Topliss-reactive ketones (excluding diaryl/α,β-unsaturated/α-hetero) is 2. The van der Waals surface area contributed by atoms with E-state index in [1.54, 1.807) is 0 Å². The molecule has 0 aliphatic rings. The van der Waals surface area contributed by atoms with Gasteiger partial charge in [-0.1, -0.05) is 0 Å². The van der Waals surface area contributed by atoms with Crippen LogP contribution in [0.1, 0.15) is 39.5 Å². The summed E-state index contributed by atoms with van der Waals surface area (Å²) in [6, 6.07) is 0. The van der Waals surface area contributed by atoms with Crippen molar-refractivity contribution < 1.29 is 28.7 Å². The quantitative estimate of drug-likeness (QED) is 0.345. The number of esters is 2. The minimum atomic E-state index is -0.545. The van der Waals surface area contributed by atoms with Gasteiger partial charge in [0.15, 0.2) is 0 Å². The van der Waals surface area contributed by atoms with E-state index in [-0.39, 0.29) is 37.6 Å². The van der Waals surface area contributed by atoms with E-state index in [1.165, 1.54) is 13.8 Å². The zero-order chi connectivity index (χ0) is 14.0. The normalized spacial score (nSPS) is 9.67. The van der Waals surface area contributed by atoms with Crippen LogP contribution in [0.25, 0.3) is 0 Å². The molecule has 0 aliphatic carbocycles. The lowest BCUT2D eigenvalue weighted by Crippen LogP contribution is -2.12. The maximum atomic E-state index is 10.9. The summed E-state index contributed by atoms with van der Waals surface area (Å²) in [6.07, 6.45) is 0.648. The van der Waals surface area contributed by atoms with Crippen LogP contribution in [-0.2, 0) is 28.7 Å². The Morgan fingerprint density at radius 1 is 0.722 bits per heavy atom. The summed E-state index contributed by atoms with van der Waals surface area (Å²) < 4.78 is 9.54. The summed E-state index contributed by atoms with van der Waals surface area (Å²) >= 11 is 0. The zero-order valence-corrected chi connectivity index (χ0v) is 10.7. The minimum absolute atomic E-state index is 0.191. The minimum Gasteiger partial charge on any atom is -0.465 e. The highest BCUT2D eigenvalue weighted by atomic mass is 16.5. The lowest BCUT2D eigenvalue weighted by Gasteiger charge is -2.04. The number of hydrogen-bond acceptors (Lipinski definition) is 6. The van der Waals surface area contributed by atoms with Crippen LogP contribution in [0, 0.1) is 0 Å². The first-order chi connectivity index (χ1) is 8.41. The molecule has 0 aliphatic heterocycles. The molecule has 0 aromatic rings. The maximum absolute atomic E-state index is 10.9. The van der Waals surface area contributed by atoms with Crippen LogP contribution in [0.3, 0.4) is 0 Å². The maximum Gasteiger partial charge on any atom is 0.313 e. The van der Waals surface area contributed by atoms with Crippen LogP contribution >= 0.6 is 0 Å². The second-order valence-corrected chi connectivity index (χ2v) is 3.91. The van der Waals surface area contributed by atoms with E-state index in [0.717, 1.165) is 0 Å². The smallest absolute Gasteiger partial charge is 0.313 e. The lowest BCUT2D eigenvalue weighted by molar-refractivity contribution is -0.148. The van der Waals surface area contributed by atoms with Gasteiger partial charge in [-0.15, -0.1) is 0 Å². The molecule has 0 spiro atoms. The molecule has 102 valence electrons. The van der Waals surface area contributed by atoms with Crippen molar-refractivity contribution in [3.63, 3.8) is 0 Å². The van der Waals surface area contributed by atoms with Crippen molar-refractivity contribution in [2.24, 2.45) is 0 Å². The molecule has 0 bridgehead atoms. The third-order valence-corrected chi connectivity index (χ3v) is 1.85. The topological polar surface area (TPSA) is 86.7 Å². The number of hydrogen-bond donors (Lipinski definition) is 0. The van der Waals surface area contributed by atoms with E-state index in [1.807, 2.05) is 0 Å². The molecule has 0 atom stereocenters. The Morgan fingerprint density at radius 3 is 1.33 bits per heavy atom. The Balaban J connectivity index is 3.41. The van der Waals surface area contributed by atoms with Gasteiger partial charge in [0.25, 0.3) is 0 Å². The van der Waals surface area contributed by atoms with Gasteiger partial charge in [-0.25, -0.2) is 0 Å². The summed E-state index contributed by atoms with van der Waals surface area (Å²) in [4.78, 5) is 43.0. The lowest BCUT2D eigenvalue weighted by atomic mass is 10.3. The molecule has 0 unspecified atom stereocenters. The first-order valence-corrected chi connectivity index (χ1v) is 5.72. The van der Waals surface area contributed by atoms with Gasteiger partial charge in [0.2, 0.25) is 0 Å². The van der Waals surface area contributed by atoms with E-state index in [2.05, 4.69) is 0 Å². The molecule has 0 amide bonds. The van der Waals surface area contributed by atoms with Crippen LogP contribution in [0.5, 0.6) is 0 Å². The van der Waals surface area contributed by atoms with E-state index in [0.29, 0.717) is 12.8 Å². The molecule has 6 nitrogen and oxygen atoms in total. The van der Waals surface area contributed by atoms with Crippen molar-refractivity contribution in [2.45, 2.75) is 39.5 Å². The molecule has 0 heterocycles. The monoisotopic (exact) mass is 258 g/mol. The third-order valence-electron chi connectivity index (χ3n) is 1.85. The van der Waals surface area contributed by atoms with Crippen molar-refractivity contribution in [3.05, 3.63) is 0 Å². The number of unbranched alkanes of at least 4 members (excludes halogenated alkanes) is 1. The summed E-state index contributed by atoms with van der Waals surface area (Å²) in [7, 11) is 0. The third kappa shape index (κ3) is 10.8. The molecular weight excluding hydrogens is 240 g/mol. The van der Waals surface area contributed by atoms with Gasteiger partial charge in [0.05, 0.1) is 13.2 Å². The van der Waals surface area contributed by atoms with Gasteiger partial charge >= 0.3 is 11.9 Å². The van der Waals surface area contributed by atoms with Gasteiger partial charge in [-0.2, -0.15) is 0 Å². The average Bonchev–Trinajstić information content (AvgIpc) is 2.20. The van der Waals surface area contributed by atoms with Gasteiger partial charge < -0.3 is 9.47 Å². The fraction of sp³-hybridized carbons (Fsp3) is 0.667. The highest BCUT2D eigenvalue weighted by Gasteiger charge is 2.07. The molecule has 0 saturated heterocycles. The Hall–Kier alpha value is -1.72. The summed E-state index contributed by atoms with van der Waals surface area (Å²) in [5, 5.41) is 0. The van der Waals surface area contributed by atoms with Crippen molar-refractivity contribution in [3.8, 4) is 0 Å². The zero-order valence-electron chi connectivity index (χ0n) is 10.7. The fourth-order valence-corrected chi connectivity index (χ4v) is 1.08. The second-order valence-electron chi connectivity index (χ2n) is 3.91. The Bertz CT molecular complexity index is 289. The van der Waals surface area contributed by atoms with Crippen molar-refractivity contribution >= 4 is 23.5 Å². The first kappa shape index (κ1) is 16.3. The number of carbonyl (C=O) groups excluding carboxylic acids is 4. The molecular formula is C12H18O6. The SMILES string of the molecule is CC(=O)CC(=O)OCCCCOC(=O)CC(C)=O. The molecule has 0 aromatic carbocycles. The van der Waals surface area contributed by atoms with Crippen LogP contribution in [0.2, 0.25) is 0 Å². The fourth-order valence-electron chi connectivity index (χ4n) is 1.08. The Kier molecular flexibility index (Phi) is 8.43. The predicted molar refractivity (Wildman–Crippen MR) is 61.7 cm³/mol. The highest BCUT2D eigenvalue weighted by Crippen LogP contribution is 1.96. The van der Waals surface area contributed by atoms with E-state index in [4.69, 9.17) is 9.47 Å². The number of ether oxygens (including phenoxy) is 2. The van der Waals surface area contributed by atoms with Crippen LogP contribution in [0.15, 0.2) is 0 Å². The molecule has 6 heteroatoms. The number of rotatable bonds is 9. The Labute approximate surface area is 106 Å². The van der Waals surface area contributed by atoms with Gasteiger partial charge in [0.1, 0.15) is 24.4 Å². The van der Waals surface area contributed by atoms with Crippen molar-refractivity contribution in [1.82, 2.24) is 0 Å².